The van der Waals surface area contributed by atoms with E-state index in [1.54, 1.807) is 0 Å². The molecule has 0 unspecified atom stereocenters. The third-order valence-electron chi connectivity index (χ3n) is 2.85. The molecule has 0 saturated carbocycles. The quantitative estimate of drug-likeness (QED) is 0.928. The molecule has 0 aliphatic rings. The monoisotopic (exact) mass is 319 g/mol. The number of carbonyl (C=O) groups is 1. The third-order valence-corrected chi connectivity index (χ3v) is 3.16. The zero-order valence-corrected chi connectivity index (χ0v) is 12.1. The van der Waals surface area contributed by atoms with E-state index in [9.17, 15) is 18.0 Å². The molecule has 0 spiro atoms. The highest BCUT2D eigenvalue weighted by atomic mass is 35.5. The van der Waals surface area contributed by atoms with Gasteiger partial charge in [0.2, 0.25) is 5.91 Å². The van der Waals surface area contributed by atoms with Crippen LogP contribution in [0.1, 0.15) is 12.5 Å². The van der Waals surface area contributed by atoms with Gasteiger partial charge in [0.15, 0.2) is 0 Å². The molecule has 114 valence electrons. The minimum Gasteiger partial charge on any atom is -0.357 e. The minimum atomic E-state index is -4.48. The maximum atomic E-state index is 12.7. The van der Waals surface area contributed by atoms with Gasteiger partial charge in [-0.05, 0) is 25.1 Å². The van der Waals surface area contributed by atoms with Crippen molar-refractivity contribution >= 4 is 23.2 Å². The van der Waals surface area contributed by atoms with Gasteiger partial charge in [-0.25, -0.2) is 0 Å². The maximum Gasteiger partial charge on any atom is 0.405 e. The maximum absolute atomic E-state index is 12.7. The van der Waals surface area contributed by atoms with Crippen LogP contribution in [0.25, 0.3) is 0 Å². The number of amides is 1. The Labute approximate surface area is 125 Å². The molecule has 4 nitrogen and oxygen atoms in total. The Hall–Kier alpha value is -1.94. The van der Waals surface area contributed by atoms with Crippen LogP contribution in [0.5, 0.6) is 0 Å². The van der Waals surface area contributed by atoms with Gasteiger partial charge in [-0.2, -0.15) is 18.4 Å². The van der Waals surface area contributed by atoms with Gasteiger partial charge < -0.3 is 10.2 Å². The van der Waals surface area contributed by atoms with E-state index in [1.165, 1.54) is 32.2 Å². The number of rotatable bonds is 4. The largest absolute Gasteiger partial charge is 0.405 e. The lowest BCUT2D eigenvalue weighted by Crippen LogP contribution is -2.48. The molecular formula is C13H13ClF3N3O. The van der Waals surface area contributed by atoms with Crippen molar-refractivity contribution in [1.29, 1.82) is 5.26 Å². The van der Waals surface area contributed by atoms with Crippen LogP contribution in [-0.2, 0) is 4.79 Å². The summed E-state index contributed by atoms with van der Waals surface area (Å²) in [6.45, 7) is 0.0560. The zero-order chi connectivity index (χ0) is 16.2. The van der Waals surface area contributed by atoms with Crippen molar-refractivity contribution in [2.75, 3.05) is 18.5 Å². The smallest absolute Gasteiger partial charge is 0.357 e. The van der Waals surface area contributed by atoms with Crippen molar-refractivity contribution in [3.63, 3.8) is 0 Å². The van der Waals surface area contributed by atoms with E-state index < -0.39 is 24.7 Å². The molecule has 1 rings (SSSR count). The van der Waals surface area contributed by atoms with Crippen LogP contribution < -0.4 is 10.2 Å². The van der Waals surface area contributed by atoms with E-state index in [1.807, 2.05) is 6.07 Å². The van der Waals surface area contributed by atoms with E-state index in [4.69, 9.17) is 16.9 Å². The molecular weight excluding hydrogens is 307 g/mol. The van der Waals surface area contributed by atoms with Gasteiger partial charge in [0.25, 0.3) is 0 Å². The van der Waals surface area contributed by atoms with Crippen LogP contribution in [0, 0.1) is 11.3 Å². The predicted molar refractivity (Wildman–Crippen MR) is 73.1 cm³/mol. The van der Waals surface area contributed by atoms with Gasteiger partial charge in [0.1, 0.15) is 18.7 Å². The van der Waals surface area contributed by atoms with Crippen LogP contribution in [0.2, 0.25) is 5.02 Å². The Balaban J connectivity index is 3.21. The fourth-order valence-electron chi connectivity index (χ4n) is 1.77. The molecule has 0 radical (unpaired) electrons. The number of likely N-dealkylation sites (N-methyl/N-ethyl adjacent to an activating group) is 1. The number of nitrogens with zero attached hydrogens (tertiary/aromatic N) is 2. The SMILES string of the molecule is CNC(=O)[C@H](C)N(CC(F)(F)F)c1ccc(C#N)c(Cl)c1. The Morgan fingerprint density at radius 3 is 2.57 bits per heavy atom. The van der Waals surface area contributed by atoms with Crippen molar-refractivity contribution in [1.82, 2.24) is 5.32 Å². The predicted octanol–water partition coefficient (Wildman–Crippen LogP) is 2.71. The first-order chi connectivity index (χ1) is 9.69. The highest BCUT2D eigenvalue weighted by molar-refractivity contribution is 6.32. The van der Waals surface area contributed by atoms with Crippen molar-refractivity contribution < 1.29 is 18.0 Å². The molecule has 1 aromatic carbocycles. The summed E-state index contributed by atoms with van der Waals surface area (Å²) < 4.78 is 38.1. The lowest BCUT2D eigenvalue weighted by atomic mass is 10.1. The lowest BCUT2D eigenvalue weighted by molar-refractivity contribution is -0.126. The summed E-state index contributed by atoms with van der Waals surface area (Å²) in [5.74, 6) is -0.556. The molecule has 0 fully saturated rings. The molecule has 0 aliphatic heterocycles. The Kier molecular flexibility index (Phi) is 5.44. The number of hydrogen-bond acceptors (Lipinski definition) is 3. The van der Waals surface area contributed by atoms with Crippen LogP contribution in [-0.4, -0.2) is 31.7 Å². The Morgan fingerprint density at radius 1 is 1.52 bits per heavy atom. The van der Waals surface area contributed by atoms with E-state index in [-0.39, 0.29) is 16.3 Å². The van der Waals surface area contributed by atoms with Crippen molar-refractivity contribution in [3.8, 4) is 6.07 Å². The normalized spacial score (nSPS) is 12.4. The highest BCUT2D eigenvalue weighted by Crippen LogP contribution is 2.28. The molecule has 1 atom stereocenters. The van der Waals surface area contributed by atoms with Gasteiger partial charge in [-0.15, -0.1) is 0 Å². The van der Waals surface area contributed by atoms with Gasteiger partial charge in [0, 0.05) is 12.7 Å². The van der Waals surface area contributed by atoms with Crippen LogP contribution >= 0.6 is 11.6 Å². The number of alkyl halides is 3. The fraction of sp³-hybridized carbons (Fsp3) is 0.385. The van der Waals surface area contributed by atoms with Crippen molar-refractivity contribution in [3.05, 3.63) is 28.8 Å². The van der Waals surface area contributed by atoms with E-state index >= 15 is 0 Å². The van der Waals surface area contributed by atoms with Gasteiger partial charge >= 0.3 is 6.18 Å². The number of carbonyl (C=O) groups excluding carboxylic acids is 1. The Bertz CT molecular complexity index is 569. The summed E-state index contributed by atoms with van der Waals surface area (Å²) >= 11 is 5.83. The molecule has 0 heterocycles. The zero-order valence-electron chi connectivity index (χ0n) is 11.3. The number of hydrogen-bond donors (Lipinski definition) is 1. The summed E-state index contributed by atoms with van der Waals surface area (Å²) in [6.07, 6.45) is -4.48. The number of halogens is 4. The van der Waals surface area contributed by atoms with E-state index in [0.717, 1.165) is 4.90 Å². The first-order valence-electron chi connectivity index (χ1n) is 5.94. The van der Waals surface area contributed by atoms with Crippen LogP contribution in [0.15, 0.2) is 18.2 Å². The van der Waals surface area contributed by atoms with Crippen LogP contribution in [0.3, 0.4) is 0 Å². The molecule has 8 heteroatoms. The second kappa shape index (κ2) is 6.68. The molecule has 0 aliphatic carbocycles. The molecule has 21 heavy (non-hydrogen) atoms. The standard InChI is InChI=1S/C13H13ClF3N3O/c1-8(12(21)19-2)20(7-13(15,16)17)10-4-3-9(6-18)11(14)5-10/h3-5,8H,7H2,1-2H3,(H,19,21)/t8-/m0/s1. The Morgan fingerprint density at radius 2 is 2.14 bits per heavy atom. The average Bonchev–Trinajstić information content (AvgIpc) is 2.42. The highest BCUT2D eigenvalue weighted by Gasteiger charge is 2.35. The molecule has 0 aromatic heterocycles. The topological polar surface area (TPSA) is 56.1 Å². The van der Waals surface area contributed by atoms with Gasteiger partial charge in [-0.3, -0.25) is 4.79 Å². The fourth-order valence-corrected chi connectivity index (χ4v) is 1.99. The summed E-state index contributed by atoms with van der Waals surface area (Å²) in [5.41, 5.74) is 0.271. The molecule has 1 aromatic rings. The minimum absolute atomic E-state index is 0.0336. The number of nitriles is 1. The first kappa shape index (κ1) is 17.1. The van der Waals surface area contributed by atoms with Crippen LogP contribution in [0.4, 0.5) is 18.9 Å². The number of nitrogens with one attached hydrogen (secondary N) is 1. The summed E-state index contributed by atoms with van der Waals surface area (Å²) in [7, 11) is 1.34. The van der Waals surface area contributed by atoms with Crippen molar-refractivity contribution in [2.24, 2.45) is 0 Å². The summed E-state index contributed by atoms with van der Waals surface area (Å²) in [5, 5.41) is 11.1. The lowest BCUT2D eigenvalue weighted by Gasteiger charge is -2.31. The molecule has 1 amide bonds. The third kappa shape index (κ3) is 4.53. The second-order valence-electron chi connectivity index (χ2n) is 4.31. The van der Waals surface area contributed by atoms with Gasteiger partial charge in [-0.1, -0.05) is 11.6 Å². The summed E-state index contributed by atoms with van der Waals surface area (Å²) in [6, 6.07) is 4.67. The van der Waals surface area contributed by atoms with E-state index in [0.29, 0.717) is 0 Å². The number of benzene rings is 1. The molecule has 1 N–H and O–H groups in total. The summed E-state index contributed by atoms with van der Waals surface area (Å²) in [4.78, 5) is 12.5. The van der Waals surface area contributed by atoms with Crippen molar-refractivity contribution in [2.45, 2.75) is 19.1 Å². The molecule has 0 saturated heterocycles. The van der Waals surface area contributed by atoms with E-state index in [2.05, 4.69) is 5.32 Å². The second-order valence-corrected chi connectivity index (χ2v) is 4.72. The first-order valence-corrected chi connectivity index (χ1v) is 6.32. The number of anilines is 1. The van der Waals surface area contributed by atoms with Gasteiger partial charge in [0.05, 0.1) is 10.6 Å². The average molecular weight is 320 g/mol. The molecule has 0 bridgehead atoms.